The normalized spacial score (nSPS) is 24.9. The summed E-state index contributed by atoms with van der Waals surface area (Å²) in [4.78, 5) is 2.72. The van der Waals surface area contributed by atoms with Crippen molar-refractivity contribution < 1.29 is 9.84 Å². The quantitative estimate of drug-likeness (QED) is 0.748. The first kappa shape index (κ1) is 16.2. The summed E-state index contributed by atoms with van der Waals surface area (Å²) in [7, 11) is 1.64. The van der Waals surface area contributed by atoms with E-state index >= 15 is 0 Å². The molecule has 4 heteroatoms. The minimum atomic E-state index is -0.324. The van der Waals surface area contributed by atoms with E-state index in [0.717, 1.165) is 19.0 Å². The number of nitrogens with one attached hydrogen (secondary N) is 1. The Balaban J connectivity index is 1.57. The van der Waals surface area contributed by atoms with Crippen LogP contribution >= 0.6 is 0 Å². The molecule has 1 atom stereocenters. The molecule has 4 nitrogen and oxygen atoms in total. The van der Waals surface area contributed by atoms with Gasteiger partial charge in [-0.25, -0.2) is 0 Å². The lowest BCUT2D eigenvalue weighted by Gasteiger charge is -2.39. The summed E-state index contributed by atoms with van der Waals surface area (Å²) in [6.07, 6.45) is 10.1. The molecule has 1 heterocycles. The highest BCUT2D eigenvalue weighted by molar-refractivity contribution is 4.83. The lowest BCUT2D eigenvalue weighted by molar-refractivity contribution is 0.0577. The van der Waals surface area contributed by atoms with Gasteiger partial charge in [0.1, 0.15) is 0 Å². The second-order valence-corrected chi connectivity index (χ2v) is 6.45. The first-order chi connectivity index (χ1) is 9.79. The minimum absolute atomic E-state index is 0.324. The Kier molecular flexibility index (Phi) is 7.28. The summed E-state index contributed by atoms with van der Waals surface area (Å²) >= 11 is 0. The molecule has 0 aromatic heterocycles. The number of methoxy groups -OCH3 is 1. The largest absolute Gasteiger partial charge is 0.391 e. The molecule has 0 amide bonds. The van der Waals surface area contributed by atoms with Crippen LogP contribution in [0.2, 0.25) is 0 Å². The van der Waals surface area contributed by atoms with Crippen molar-refractivity contribution in [1.82, 2.24) is 10.2 Å². The van der Waals surface area contributed by atoms with Gasteiger partial charge in [0, 0.05) is 19.2 Å². The summed E-state index contributed by atoms with van der Waals surface area (Å²) in [6.45, 7) is 3.85. The number of hydrogen-bond donors (Lipinski definition) is 2. The van der Waals surface area contributed by atoms with Crippen LogP contribution < -0.4 is 5.32 Å². The molecule has 2 rings (SSSR count). The van der Waals surface area contributed by atoms with Gasteiger partial charge in [-0.3, -0.25) is 0 Å². The summed E-state index contributed by atoms with van der Waals surface area (Å²) in [5, 5.41) is 13.2. The van der Waals surface area contributed by atoms with Crippen LogP contribution in [0, 0.1) is 0 Å². The molecule has 0 bridgehead atoms. The molecule has 2 aliphatic rings. The topological polar surface area (TPSA) is 44.7 Å². The van der Waals surface area contributed by atoms with E-state index in [4.69, 9.17) is 4.74 Å². The maximum atomic E-state index is 9.62. The Morgan fingerprint density at radius 1 is 1.15 bits per heavy atom. The van der Waals surface area contributed by atoms with Crippen LogP contribution in [-0.2, 0) is 4.74 Å². The van der Waals surface area contributed by atoms with Crippen LogP contribution in [0.3, 0.4) is 0 Å². The van der Waals surface area contributed by atoms with Gasteiger partial charge >= 0.3 is 0 Å². The standard InChI is InChI=1S/C16H32N2O2/c1-20-13-16(19)7-10-17-14-8-11-18(12-9-14)15-5-3-2-4-6-15/h14-17,19H,2-13H2,1H3. The first-order valence-electron chi connectivity index (χ1n) is 8.44. The highest BCUT2D eigenvalue weighted by Gasteiger charge is 2.25. The number of hydrogen-bond acceptors (Lipinski definition) is 4. The van der Waals surface area contributed by atoms with Crippen LogP contribution in [0.15, 0.2) is 0 Å². The third kappa shape index (κ3) is 5.32. The molecule has 0 aromatic rings. The fourth-order valence-corrected chi connectivity index (χ4v) is 3.64. The van der Waals surface area contributed by atoms with E-state index in [2.05, 4.69) is 10.2 Å². The van der Waals surface area contributed by atoms with E-state index in [1.165, 1.54) is 58.0 Å². The Morgan fingerprint density at radius 2 is 1.85 bits per heavy atom. The second kappa shape index (κ2) is 8.98. The molecule has 1 aliphatic carbocycles. The van der Waals surface area contributed by atoms with Crippen molar-refractivity contribution in [3.8, 4) is 0 Å². The number of aliphatic hydroxyl groups is 1. The van der Waals surface area contributed by atoms with Crippen LogP contribution in [-0.4, -0.2) is 61.5 Å². The Labute approximate surface area is 123 Å². The van der Waals surface area contributed by atoms with E-state index in [1.807, 2.05) is 0 Å². The van der Waals surface area contributed by atoms with Gasteiger partial charge < -0.3 is 20.1 Å². The Hall–Kier alpha value is -0.160. The van der Waals surface area contributed by atoms with E-state index < -0.39 is 0 Å². The summed E-state index contributed by atoms with van der Waals surface area (Å²) in [5.41, 5.74) is 0. The molecule has 2 fully saturated rings. The number of rotatable bonds is 7. The van der Waals surface area contributed by atoms with Crippen molar-refractivity contribution >= 4 is 0 Å². The van der Waals surface area contributed by atoms with E-state index in [1.54, 1.807) is 7.11 Å². The molecule has 0 spiro atoms. The summed E-state index contributed by atoms with van der Waals surface area (Å²) in [5.74, 6) is 0. The highest BCUT2D eigenvalue weighted by Crippen LogP contribution is 2.25. The van der Waals surface area contributed by atoms with Gasteiger partial charge in [0.15, 0.2) is 0 Å². The van der Waals surface area contributed by atoms with Crippen molar-refractivity contribution in [1.29, 1.82) is 0 Å². The predicted octanol–water partition coefficient (Wildman–Crippen LogP) is 1.77. The SMILES string of the molecule is COCC(O)CCNC1CCN(C2CCCCC2)CC1. The third-order valence-corrected chi connectivity index (χ3v) is 4.89. The van der Waals surface area contributed by atoms with Crippen molar-refractivity contribution in [2.24, 2.45) is 0 Å². The van der Waals surface area contributed by atoms with Crippen LogP contribution in [0.4, 0.5) is 0 Å². The van der Waals surface area contributed by atoms with E-state index in [-0.39, 0.29) is 6.10 Å². The Morgan fingerprint density at radius 3 is 2.50 bits per heavy atom. The van der Waals surface area contributed by atoms with Crippen LogP contribution in [0.1, 0.15) is 51.4 Å². The molecule has 1 unspecified atom stereocenters. The highest BCUT2D eigenvalue weighted by atomic mass is 16.5. The van der Waals surface area contributed by atoms with Gasteiger partial charge in [-0.05, 0) is 51.7 Å². The molecule has 1 saturated heterocycles. The van der Waals surface area contributed by atoms with Gasteiger partial charge in [0.05, 0.1) is 12.7 Å². The van der Waals surface area contributed by atoms with E-state index in [9.17, 15) is 5.11 Å². The van der Waals surface area contributed by atoms with Gasteiger partial charge in [0.2, 0.25) is 0 Å². The number of aliphatic hydroxyl groups excluding tert-OH is 1. The van der Waals surface area contributed by atoms with Crippen molar-refractivity contribution in [2.45, 2.75) is 69.6 Å². The zero-order valence-corrected chi connectivity index (χ0v) is 13.0. The number of piperidine rings is 1. The van der Waals surface area contributed by atoms with Crippen molar-refractivity contribution in [3.63, 3.8) is 0 Å². The monoisotopic (exact) mass is 284 g/mol. The average molecular weight is 284 g/mol. The van der Waals surface area contributed by atoms with Gasteiger partial charge in [-0.2, -0.15) is 0 Å². The molecule has 118 valence electrons. The molecular weight excluding hydrogens is 252 g/mol. The smallest absolute Gasteiger partial charge is 0.0785 e. The number of ether oxygens (including phenoxy) is 1. The second-order valence-electron chi connectivity index (χ2n) is 6.45. The zero-order chi connectivity index (χ0) is 14.2. The molecule has 20 heavy (non-hydrogen) atoms. The molecule has 1 aliphatic heterocycles. The molecule has 1 saturated carbocycles. The van der Waals surface area contributed by atoms with Gasteiger partial charge in [-0.15, -0.1) is 0 Å². The van der Waals surface area contributed by atoms with Crippen molar-refractivity contribution in [2.75, 3.05) is 33.4 Å². The van der Waals surface area contributed by atoms with E-state index in [0.29, 0.717) is 12.6 Å². The molecule has 0 radical (unpaired) electrons. The maximum absolute atomic E-state index is 9.62. The molecule has 2 N–H and O–H groups in total. The van der Waals surface area contributed by atoms with Crippen molar-refractivity contribution in [3.05, 3.63) is 0 Å². The fraction of sp³-hybridized carbons (Fsp3) is 1.00. The number of likely N-dealkylation sites (tertiary alicyclic amines) is 1. The van der Waals surface area contributed by atoms with Crippen LogP contribution in [0.25, 0.3) is 0 Å². The summed E-state index contributed by atoms with van der Waals surface area (Å²) < 4.78 is 4.94. The lowest BCUT2D eigenvalue weighted by atomic mass is 9.92. The average Bonchev–Trinajstić information content (AvgIpc) is 2.49. The molecule has 0 aromatic carbocycles. The fourth-order valence-electron chi connectivity index (χ4n) is 3.64. The number of nitrogens with zero attached hydrogens (tertiary/aromatic N) is 1. The lowest BCUT2D eigenvalue weighted by Crippen LogP contribution is -2.47. The summed E-state index contributed by atoms with van der Waals surface area (Å²) in [6, 6.07) is 1.51. The first-order valence-corrected chi connectivity index (χ1v) is 8.44. The third-order valence-electron chi connectivity index (χ3n) is 4.89. The predicted molar refractivity (Wildman–Crippen MR) is 82.0 cm³/mol. The minimum Gasteiger partial charge on any atom is -0.391 e. The maximum Gasteiger partial charge on any atom is 0.0785 e. The van der Waals surface area contributed by atoms with Crippen LogP contribution in [0.5, 0.6) is 0 Å². The molecular formula is C16H32N2O2. The van der Waals surface area contributed by atoms with Gasteiger partial charge in [-0.1, -0.05) is 19.3 Å². The zero-order valence-electron chi connectivity index (χ0n) is 13.0. The Bertz CT molecular complexity index is 249. The van der Waals surface area contributed by atoms with Gasteiger partial charge in [0.25, 0.3) is 0 Å².